The quantitative estimate of drug-likeness (QED) is 0.0195. The second kappa shape index (κ2) is 49.7. The van der Waals surface area contributed by atoms with Crippen LogP contribution < -0.4 is 5.32 Å². The van der Waals surface area contributed by atoms with E-state index in [-0.39, 0.29) is 19.4 Å². The van der Waals surface area contributed by atoms with Crippen molar-refractivity contribution in [3.05, 3.63) is 36.5 Å². The van der Waals surface area contributed by atoms with Crippen LogP contribution in [0.1, 0.15) is 278 Å². The maximum absolute atomic E-state index is 13.4. The number of aliphatic hydroxyl groups is 5. The highest BCUT2D eigenvalue weighted by Crippen LogP contribution is 2.26. The molecule has 11 nitrogen and oxygen atoms in total. The lowest BCUT2D eigenvalue weighted by Gasteiger charge is -2.41. The number of allylic oxidation sites excluding steroid dienone is 5. The minimum atomic E-state index is -1.61. The molecule has 0 aromatic carbocycles. The summed E-state index contributed by atoms with van der Waals surface area (Å²) in [7, 11) is 0. The van der Waals surface area contributed by atoms with Gasteiger partial charge in [0.05, 0.1) is 25.4 Å². The maximum atomic E-state index is 13.4. The van der Waals surface area contributed by atoms with Gasteiger partial charge in [0, 0.05) is 6.42 Å². The van der Waals surface area contributed by atoms with Gasteiger partial charge in [0.2, 0.25) is 5.91 Å². The van der Waals surface area contributed by atoms with Crippen LogP contribution in [0.15, 0.2) is 36.5 Å². The molecule has 0 aliphatic carbocycles. The molecule has 0 aromatic heterocycles. The van der Waals surface area contributed by atoms with E-state index in [9.17, 15) is 35.1 Å². The van der Waals surface area contributed by atoms with Crippen LogP contribution in [0.2, 0.25) is 0 Å². The molecule has 1 aliphatic rings. The number of esters is 1. The number of hydrogen-bond acceptors (Lipinski definition) is 10. The highest BCUT2D eigenvalue weighted by molar-refractivity contribution is 5.80. The summed E-state index contributed by atoms with van der Waals surface area (Å²) in [6.45, 7) is 5.77. The number of ether oxygens (including phenoxy) is 3. The SMILES string of the molecule is CCCCCCCC/C=C\CCCCC(O)C(=O)NC(COC1OC(CO)C(O)C(O)C1OC(=O)CCCCCCCCCCC/C=C/CCCCCCCC)C(O)/C=C/CCCCCCCCCCCC. The Balaban J connectivity index is 2.68. The van der Waals surface area contributed by atoms with Gasteiger partial charge in [-0.3, -0.25) is 9.59 Å². The fraction of sp³-hybridized carbons (Fsp3) is 0.869. The molecule has 72 heavy (non-hydrogen) atoms. The molecule has 422 valence electrons. The van der Waals surface area contributed by atoms with Crippen LogP contribution in [-0.2, 0) is 23.8 Å². The van der Waals surface area contributed by atoms with Gasteiger partial charge in [-0.1, -0.05) is 231 Å². The topological polar surface area (TPSA) is 175 Å². The average Bonchev–Trinajstić information content (AvgIpc) is 3.38. The van der Waals surface area contributed by atoms with Crippen molar-refractivity contribution < 1.29 is 49.3 Å². The summed E-state index contributed by atoms with van der Waals surface area (Å²) in [5, 5.41) is 56.8. The van der Waals surface area contributed by atoms with Gasteiger partial charge in [0.25, 0.3) is 0 Å². The lowest BCUT2D eigenvalue weighted by Crippen LogP contribution is -2.61. The lowest BCUT2D eigenvalue weighted by molar-refractivity contribution is -0.305. The zero-order valence-electron chi connectivity index (χ0n) is 46.6. The normalized spacial score (nSPS) is 19.7. The highest BCUT2D eigenvalue weighted by Gasteiger charge is 2.47. The Morgan fingerprint density at radius 3 is 1.35 bits per heavy atom. The zero-order valence-corrected chi connectivity index (χ0v) is 46.6. The van der Waals surface area contributed by atoms with E-state index in [2.05, 4.69) is 50.4 Å². The number of unbranched alkanes of at least 4 members (excludes halogenated alkanes) is 33. The first-order chi connectivity index (χ1) is 35.2. The van der Waals surface area contributed by atoms with Crippen LogP contribution in [0.25, 0.3) is 0 Å². The minimum Gasteiger partial charge on any atom is -0.454 e. The van der Waals surface area contributed by atoms with Gasteiger partial charge in [-0.05, 0) is 77.0 Å². The van der Waals surface area contributed by atoms with E-state index >= 15 is 0 Å². The minimum absolute atomic E-state index is 0.121. The molecule has 0 radical (unpaired) electrons. The summed E-state index contributed by atoms with van der Waals surface area (Å²) in [4.78, 5) is 26.5. The summed E-state index contributed by atoms with van der Waals surface area (Å²) >= 11 is 0. The second-order valence-electron chi connectivity index (χ2n) is 21.1. The Bertz CT molecular complexity index is 1310. The highest BCUT2D eigenvalue weighted by atomic mass is 16.7. The number of aliphatic hydroxyl groups excluding tert-OH is 5. The summed E-state index contributed by atoms with van der Waals surface area (Å²) < 4.78 is 17.6. The average molecular weight is 1020 g/mol. The molecular weight excluding hydrogens is 907 g/mol. The van der Waals surface area contributed by atoms with Crippen molar-refractivity contribution in [2.24, 2.45) is 0 Å². The monoisotopic (exact) mass is 1020 g/mol. The second-order valence-corrected chi connectivity index (χ2v) is 21.1. The number of nitrogens with one attached hydrogen (secondary N) is 1. The predicted molar refractivity (Wildman–Crippen MR) is 297 cm³/mol. The molecule has 0 bridgehead atoms. The number of rotatable bonds is 51. The van der Waals surface area contributed by atoms with E-state index in [1.54, 1.807) is 6.08 Å². The third-order valence-electron chi connectivity index (χ3n) is 14.3. The van der Waals surface area contributed by atoms with Crippen molar-refractivity contribution in [1.82, 2.24) is 5.32 Å². The van der Waals surface area contributed by atoms with Crippen molar-refractivity contribution >= 4 is 11.9 Å². The fourth-order valence-corrected chi connectivity index (χ4v) is 9.41. The molecule has 1 heterocycles. The Hall–Kier alpha value is -2.12. The molecular formula is C61H113NO10. The van der Waals surface area contributed by atoms with Crippen molar-refractivity contribution in [3.8, 4) is 0 Å². The third kappa shape index (κ3) is 37.6. The molecule has 0 aromatic rings. The number of carbonyl (C=O) groups is 2. The third-order valence-corrected chi connectivity index (χ3v) is 14.3. The van der Waals surface area contributed by atoms with Crippen molar-refractivity contribution in [2.75, 3.05) is 13.2 Å². The van der Waals surface area contributed by atoms with Crippen molar-refractivity contribution in [1.29, 1.82) is 0 Å². The Kier molecular flexibility index (Phi) is 46.9. The Labute approximate surface area is 441 Å². The summed E-state index contributed by atoms with van der Waals surface area (Å²) in [5.74, 6) is -1.21. The lowest BCUT2D eigenvalue weighted by atomic mass is 9.99. The Morgan fingerprint density at radius 2 is 0.917 bits per heavy atom. The molecule has 1 amide bonds. The summed E-state index contributed by atoms with van der Waals surface area (Å²) in [6, 6.07) is -1.03. The van der Waals surface area contributed by atoms with E-state index in [0.717, 1.165) is 57.8 Å². The largest absolute Gasteiger partial charge is 0.454 e. The van der Waals surface area contributed by atoms with E-state index in [1.165, 1.54) is 173 Å². The Morgan fingerprint density at radius 1 is 0.528 bits per heavy atom. The molecule has 1 aliphatic heterocycles. The molecule has 11 heteroatoms. The van der Waals surface area contributed by atoms with Crippen LogP contribution in [0.5, 0.6) is 0 Å². The standard InChI is InChI=1S/C61H113NO10/c1-4-7-10-13-16-19-22-25-26-27-28-29-30-31-34-37-40-43-46-49-56(66)72-59-58(68)57(67)55(50-63)71-61(59)70-51-52(53(64)47-44-41-38-35-32-23-20-17-14-11-8-5-2)62-60(69)54(65)48-45-42-39-36-33-24-21-18-15-12-9-6-3/h25-26,33,36,44,47,52-55,57-59,61,63-65,67-68H,4-24,27-32,34-35,37-43,45-46,48-51H2,1-3H3,(H,62,69)/b26-25+,36-33-,47-44+. The zero-order chi connectivity index (χ0) is 52.5. The van der Waals surface area contributed by atoms with E-state index in [1.807, 2.05) is 6.08 Å². The van der Waals surface area contributed by atoms with Gasteiger partial charge in [-0.2, -0.15) is 0 Å². The molecule has 0 saturated carbocycles. The molecule has 1 rings (SSSR count). The number of hydrogen-bond donors (Lipinski definition) is 6. The van der Waals surface area contributed by atoms with Gasteiger partial charge >= 0.3 is 5.97 Å². The molecule has 8 atom stereocenters. The van der Waals surface area contributed by atoms with E-state index in [0.29, 0.717) is 12.8 Å². The molecule has 1 saturated heterocycles. The van der Waals surface area contributed by atoms with Crippen LogP contribution in [-0.4, -0.2) is 99.6 Å². The molecule has 0 spiro atoms. The van der Waals surface area contributed by atoms with Gasteiger partial charge < -0.3 is 45.1 Å². The number of carbonyl (C=O) groups excluding carboxylic acids is 2. The molecule has 6 N–H and O–H groups in total. The first-order valence-corrected chi connectivity index (χ1v) is 30.3. The predicted octanol–water partition coefficient (Wildman–Crippen LogP) is 13.9. The van der Waals surface area contributed by atoms with Gasteiger partial charge in [0.1, 0.15) is 24.4 Å². The molecule has 1 fully saturated rings. The fourth-order valence-electron chi connectivity index (χ4n) is 9.41. The number of amides is 1. The first-order valence-electron chi connectivity index (χ1n) is 30.3. The van der Waals surface area contributed by atoms with Gasteiger partial charge in [0.15, 0.2) is 12.4 Å². The maximum Gasteiger partial charge on any atom is 0.306 e. The van der Waals surface area contributed by atoms with Gasteiger partial charge in [-0.15, -0.1) is 0 Å². The summed E-state index contributed by atoms with van der Waals surface area (Å²) in [6.07, 6.45) is 47.6. The molecule has 8 unspecified atom stereocenters. The van der Waals surface area contributed by atoms with Crippen LogP contribution >= 0.6 is 0 Å². The van der Waals surface area contributed by atoms with E-state index < -0.39 is 67.4 Å². The van der Waals surface area contributed by atoms with Crippen LogP contribution in [0.3, 0.4) is 0 Å². The summed E-state index contributed by atoms with van der Waals surface area (Å²) in [5.41, 5.74) is 0. The van der Waals surface area contributed by atoms with Crippen LogP contribution in [0, 0.1) is 0 Å². The van der Waals surface area contributed by atoms with Crippen molar-refractivity contribution in [3.63, 3.8) is 0 Å². The van der Waals surface area contributed by atoms with Crippen LogP contribution in [0.4, 0.5) is 0 Å². The first kappa shape index (κ1) is 67.9. The van der Waals surface area contributed by atoms with E-state index in [4.69, 9.17) is 14.2 Å². The van der Waals surface area contributed by atoms with Gasteiger partial charge in [-0.25, -0.2) is 0 Å². The smallest absolute Gasteiger partial charge is 0.306 e. The van der Waals surface area contributed by atoms with Crippen molar-refractivity contribution in [2.45, 2.75) is 327 Å².